The zero-order valence-electron chi connectivity index (χ0n) is 12.6. The van der Waals surface area contributed by atoms with Crippen LogP contribution in [0.25, 0.3) is 0 Å². The summed E-state index contributed by atoms with van der Waals surface area (Å²) >= 11 is 0. The van der Waals surface area contributed by atoms with E-state index in [-0.39, 0.29) is 5.91 Å². The molecular formula is C19H23NO. The number of nitrogens with one attached hydrogen (secondary N) is 1. The van der Waals surface area contributed by atoms with Crippen molar-refractivity contribution in [1.82, 2.24) is 0 Å². The van der Waals surface area contributed by atoms with E-state index in [0.29, 0.717) is 12.3 Å². The van der Waals surface area contributed by atoms with Crippen LogP contribution in [-0.4, -0.2) is 5.91 Å². The second-order valence-corrected chi connectivity index (χ2v) is 5.60. The molecule has 21 heavy (non-hydrogen) atoms. The Hall–Kier alpha value is -2.09. The molecule has 0 aliphatic rings. The molecule has 0 spiro atoms. The predicted octanol–water partition coefficient (Wildman–Crippen LogP) is 4.67. The highest BCUT2D eigenvalue weighted by molar-refractivity contribution is 5.90. The van der Waals surface area contributed by atoms with Crippen molar-refractivity contribution in [1.29, 1.82) is 0 Å². The number of anilines is 1. The van der Waals surface area contributed by atoms with Crippen LogP contribution in [0.1, 0.15) is 31.7 Å². The summed E-state index contributed by atoms with van der Waals surface area (Å²) in [6.45, 7) is 2.15. The first-order valence-electron chi connectivity index (χ1n) is 7.63. The van der Waals surface area contributed by atoms with E-state index in [9.17, 15) is 4.79 Å². The summed E-state index contributed by atoms with van der Waals surface area (Å²) in [7, 11) is 0. The van der Waals surface area contributed by atoms with Gasteiger partial charge >= 0.3 is 0 Å². The van der Waals surface area contributed by atoms with E-state index in [1.54, 1.807) is 0 Å². The van der Waals surface area contributed by atoms with Crippen LogP contribution >= 0.6 is 0 Å². The fourth-order valence-electron chi connectivity index (χ4n) is 2.45. The molecule has 0 fully saturated rings. The molecule has 110 valence electrons. The maximum atomic E-state index is 11.9. The third kappa shape index (κ3) is 5.82. The fourth-order valence-corrected chi connectivity index (χ4v) is 2.45. The Morgan fingerprint density at radius 2 is 1.62 bits per heavy atom. The maximum absolute atomic E-state index is 11.9. The zero-order chi connectivity index (χ0) is 14.9. The van der Waals surface area contributed by atoms with Gasteiger partial charge in [-0.05, 0) is 42.9 Å². The largest absolute Gasteiger partial charge is 0.326 e. The van der Waals surface area contributed by atoms with Crippen molar-refractivity contribution < 1.29 is 4.79 Å². The van der Waals surface area contributed by atoms with Gasteiger partial charge in [0.2, 0.25) is 5.91 Å². The summed E-state index contributed by atoms with van der Waals surface area (Å²) in [5, 5.41) is 2.94. The standard InChI is InChI=1S/C19H23NO/c1-16(9-8-12-17-10-4-2-5-11-17)15-19(21)20-18-13-6-3-7-14-18/h2-7,10-11,13-14,16H,8-9,12,15H2,1H3,(H,20,21)/t16-/m1/s1. The van der Waals surface area contributed by atoms with Crippen molar-refractivity contribution >= 4 is 11.6 Å². The lowest BCUT2D eigenvalue weighted by Crippen LogP contribution is -2.15. The predicted molar refractivity (Wildman–Crippen MR) is 88.2 cm³/mol. The molecule has 0 aromatic heterocycles. The number of para-hydroxylation sites is 1. The summed E-state index contributed by atoms with van der Waals surface area (Å²) in [5.74, 6) is 0.519. The number of carbonyl (C=O) groups is 1. The molecule has 0 radical (unpaired) electrons. The van der Waals surface area contributed by atoms with Crippen LogP contribution < -0.4 is 5.32 Å². The molecule has 2 aromatic carbocycles. The average molecular weight is 281 g/mol. The Morgan fingerprint density at radius 3 is 2.29 bits per heavy atom. The van der Waals surface area contributed by atoms with E-state index in [4.69, 9.17) is 0 Å². The third-order valence-corrected chi connectivity index (χ3v) is 3.60. The SMILES string of the molecule is C[C@H](CCCc1ccccc1)CC(=O)Nc1ccccc1. The van der Waals surface area contributed by atoms with E-state index in [2.05, 4.69) is 36.5 Å². The third-order valence-electron chi connectivity index (χ3n) is 3.60. The summed E-state index contributed by atoms with van der Waals surface area (Å²) in [4.78, 5) is 11.9. The molecule has 0 unspecified atom stereocenters. The molecule has 0 saturated carbocycles. The molecule has 1 atom stereocenters. The van der Waals surface area contributed by atoms with E-state index < -0.39 is 0 Å². The van der Waals surface area contributed by atoms with Gasteiger partial charge in [0.1, 0.15) is 0 Å². The van der Waals surface area contributed by atoms with Gasteiger partial charge in [0.15, 0.2) is 0 Å². The van der Waals surface area contributed by atoms with Crippen LogP contribution in [0.4, 0.5) is 5.69 Å². The highest BCUT2D eigenvalue weighted by Gasteiger charge is 2.09. The fraction of sp³-hybridized carbons (Fsp3) is 0.316. The Kier molecular flexibility index (Phi) is 6.01. The Bertz CT molecular complexity index is 536. The lowest BCUT2D eigenvalue weighted by atomic mass is 9.98. The van der Waals surface area contributed by atoms with E-state index in [0.717, 1.165) is 24.9 Å². The first-order valence-corrected chi connectivity index (χ1v) is 7.63. The molecule has 0 heterocycles. The number of rotatable bonds is 7. The molecule has 1 amide bonds. The quantitative estimate of drug-likeness (QED) is 0.784. The van der Waals surface area contributed by atoms with Crippen molar-refractivity contribution in [2.75, 3.05) is 5.32 Å². The molecule has 0 aliphatic heterocycles. The Morgan fingerprint density at radius 1 is 1.00 bits per heavy atom. The van der Waals surface area contributed by atoms with E-state index >= 15 is 0 Å². The number of benzene rings is 2. The number of aryl methyl sites for hydroxylation is 1. The van der Waals surface area contributed by atoms with Gasteiger partial charge in [-0.15, -0.1) is 0 Å². The Balaban J connectivity index is 1.67. The second kappa shape index (κ2) is 8.25. The van der Waals surface area contributed by atoms with Crippen LogP contribution in [0, 0.1) is 5.92 Å². The molecule has 2 heteroatoms. The first-order chi connectivity index (χ1) is 10.2. The molecule has 0 aliphatic carbocycles. The summed E-state index contributed by atoms with van der Waals surface area (Å²) < 4.78 is 0. The van der Waals surface area contributed by atoms with Crippen molar-refractivity contribution in [3.8, 4) is 0 Å². The summed E-state index contributed by atoms with van der Waals surface area (Å²) in [6, 6.07) is 20.1. The molecule has 2 rings (SSSR count). The van der Waals surface area contributed by atoms with Gasteiger partial charge < -0.3 is 5.32 Å². The minimum absolute atomic E-state index is 0.105. The van der Waals surface area contributed by atoms with Gasteiger partial charge in [-0.2, -0.15) is 0 Å². The van der Waals surface area contributed by atoms with Gasteiger partial charge in [0.25, 0.3) is 0 Å². The molecule has 1 N–H and O–H groups in total. The van der Waals surface area contributed by atoms with Crippen molar-refractivity contribution in [2.24, 2.45) is 5.92 Å². The molecule has 2 aromatic rings. The van der Waals surface area contributed by atoms with E-state index in [1.165, 1.54) is 5.56 Å². The number of hydrogen-bond acceptors (Lipinski definition) is 1. The summed E-state index contributed by atoms with van der Waals surface area (Å²) in [6.07, 6.45) is 3.88. The molecule has 0 bridgehead atoms. The monoisotopic (exact) mass is 281 g/mol. The van der Waals surface area contributed by atoms with Gasteiger partial charge in [-0.25, -0.2) is 0 Å². The highest BCUT2D eigenvalue weighted by atomic mass is 16.1. The average Bonchev–Trinajstić information content (AvgIpc) is 2.49. The number of amides is 1. The lowest BCUT2D eigenvalue weighted by Gasteiger charge is -2.11. The van der Waals surface area contributed by atoms with E-state index in [1.807, 2.05) is 36.4 Å². The maximum Gasteiger partial charge on any atom is 0.224 e. The smallest absolute Gasteiger partial charge is 0.224 e. The summed E-state index contributed by atoms with van der Waals surface area (Å²) in [5.41, 5.74) is 2.25. The van der Waals surface area contributed by atoms with Crippen LogP contribution in [0.15, 0.2) is 60.7 Å². The molecule has 2 nitrogen and oxygen atoms in total. The molecule has 0 saturated heterocycles. The number of hydrogen-bond donors (Lipinski definition) is 1. The Labute approximate surface area is 127 Å². The van der Waals surface area contributed by atoms with Crippen LogP contribution in [0.2, 0.25) is 0 Å². The second-order valence-electron chi connectivity index (χ2n) is 5.60. The minimum Gasteiger partial charge on any atom is -0.326 e. The van der Waals surface area contributed by atoms with Gasteiger partial charge in [0, 0.05) is 12.1 Å². The topological polar surface area (TPSA) is 29.1 Å². The van der Waals surface area contributed by atoms with Crippen LogP contribution in [0.5, 0.6) is 0 Å². The lowest BCUT2D eigenvalue weighted by molar-refractivity contribution is -0.117. The van der Waals surface area contributed by atoms with Crippen molar-refractivity contribution in [3.63, 3.8) is 0 Å². The normalized spacial score (nSPS) is 11.9. The number of carbonyl (C=O) groups excluding carboxylic acids is 1. The van der Waals surface area contributed by atoms with Crippen molar-refractivity contribution in [3.05, 3.63) is 66.2 Å². The van der Waals surface area contributed by atoms with Crippen LogP contribution in [-0.2, 0) is 11.2 Å². The minimum atomic E-state index is 0.105. The van der Waals surface area contributed by atoms with Gasteiger partial charge in [-0.1, -0.05) is 55.5 Å². The zero-order valence-corrected chi connectivity index (χ0v) is 12.6. The van der Waals surface area contributed by atoms with Crippen LogP contribution in [0.3, 0.4) is 0 Å². The van der Waals surface area contributed by atoms with Crippen molar-refractivity contribution in [2.45, 2.75) is 32.6 Å². The molecular weight excluding hydrogens is 258 g/mol. The first kappa shape index (κ1) is 15.3. The van der Waals surface area contributed by atoms with Gasteiger partial charge in [-0.3, -0.25) is 4.79 Å². The van der Waals surface area contributed by atoms with Gasteiger partial charge in [0.05, 0.1) is 0 Å². The highest BCUT2D eigenvalue weighted by Crippen LogP contribution is 2.15.